The van der Waals surface area contributed by atoms with Gasteiger partial charge in [0.15, 0.2) is 0 Å². The Morgan fingerprint density at radius 1 is 1.64 bits per heavy atom. The minimum absolute atomic E-state index is 0.145. The van der Waals surface area contributed by atoms with Crippen LogP contribution in [0.4, 0.5) is 0 Å². The number of carbonyl (C=O) groups is 1. The van der Waals surface area contributed by atoms with Gasteiger partial charge in [-0.15, -0.1) is 0 Å². The molecule has 11 heavy (non-hydrogen) atoms. The fourth-order valence-corrected chi connectivity index (χ4v) is 0.808. The highest BCUT2D eigenvalue weighted by atomic mass is 32.1. The summed E-state index contributed by atoms with van der Waals surface area (Å²) in [6, 6.07) is 9.82. The highest BCUT2D eigenvalue weighted by Crippen LogP contribution is 2.02. The Morgan fingerprint density at radius 2 is 2.36 bits per heavy atom. The Labute approximate surface area is 71.4 Å². The summed E-state index contributed by atoms with van der Waals surface area (Å²) in [7, 11) is 1.59. The normalized spacial score (nSPS) is 9.27. The van der Waals surface area contributed by atoms with Gasteiger partial charge in [0.25, 0.3) is 5.91 Å². The van der Waals surface area contributed by atoms with Gasteiger partial charge in [-0.3, -0.25) is 9.10 Å². The lowest BCUT2D eigenvalue weighted by Gasteiger charge is -2.06. The van der Waals surface area contributed by atoms with Crippen LogP contribution < -0.4 is 0 Å². The molecule has 0 atom stereocenters. The third-order valence-corrected chi connectivity index (χ3v) is 1.42. The first-order chi connectivity index (χ1) is 5.22. The van der Waals surface area contributed by atoms with Gasteiger partial charge in [-0.2, -0.15) is 0 Å². The number of amides is 1. The molecule has 1 aromatic carbocycles. The van der Waals surface area contributed by atoms with Crippen molar-refractivity contribution in [2.75, 3.05) is 7.05 Å². The summed E-state index contributed by atoms with van der Waals surface area (Å²) in [6.07, 6.45) is 0. The van der Waals surface area contributed by atoms with Crippen LogP contribution in [0.3, 0.4) is 0 Å². The van der Waals surface area contributed by atoms with Gasteiger partial charge in [0.2, 0.25) is 0 Å². The zero-order valence-corrected chi connectivity index (χ0v) is 7.01. The molecule has 3 heteroatoms. The maximum absolute atomic E-state index is 11.2. The Bertz CT molecular complexity index is 246. The van der Waals surface area contributed by atoms with Gasteiger partial charge in [-0.1, -0.05) is 31.0 Å². The Balaban J connectivity index is 2.86. The van der Waals surface area contributed by atoms with E-state index in [0.29, 0.717) is 5.56 Å². The molecule has 1 rings (SSSR count). The van der Waals surface area contributed by atoms with E-state index in [9.17, 15) is 4.79 Å². The summed E-state index contributed by atoms with van der Waals surface area (Å²) in [6.45, 7) is 0. The summed E-state index contributed by atoms with van der Waals surface area (Å²) >= 11 is 3.87. The van der Waals surface area contributed by atoms with Crippen molar-refractivity contribution in [3.63, 3.8) is 0 Å². The van der Waals surface area contributed by atoms with E-state index in [2.05, 4.69) is 18.9 Å². The van der Waals surface area contributed by atoms with Gasteiger partial charge in [0.05, 0.1) is 0 Å². The average Bonchev–Trinajstić information content (AvgIpc) is 2.05. The minimum Gasteiger partial charge on any atom is -0.288 e. The van der Waals surface area contributed by atoms with Gasteiger partial charge in [0, 0.05) is 12.6 Å². The maximum atomic E-state index is 11.2. The molecule has 0 saturated heterocycles. The Hall–Kier alpha value is -0.960. The number of thiol groups is 1. The molecule has 0 aliphatic heterocycles. The Kier molecular flexibility index (Phi) is 2.54. The van der Waals surface area contributed by atoms with Gasteiger partial charge in [-0.25, -0.2) is 0 Å². The third kappa shape index (κ3) is 1.98. The highest BCUT2D eigenvalue weighted by molar-refractivity contribution is 7.78. The van der Waals surface area contributed by atoms with E-state index >= 15 is 0 Å². The molecule has 0 aliphatic rings. The monoisotopic (exact) mass is 166 g/mol. The van der Waals surface area contributed by atoms with E-state index < -0.39 is 0 Å². The maximum Gasteiger partial charge on any atom is 0.263 e. The SMILES string of the molecule is CN(S)C(=O)c1[c]cccc1. The van der Waals surface area contributed by atoms with Crippen LogP contribution >= 0.6 is 12.8 Å². The van der Waals surface area contributed by atoms with Crippen LogP contribution in [0.5, 0.6) is 0 Å². The van der Waals surface area contributed by atoms with Gasteiger partial charge in [-0.05, 0) is 12.1 Å². The molecule has 0 unspecified atom stereocenters. The average molecular weight is 166 g/mol. The van der Waals surface area contributed by atoms with E-state index in [1.807, 2.05) is 6.07 Å². The number of rotatable bonds is 1. The number of nitrogens with zero attached hydrogens (tertiary/aromatic N) is 1. The summed E-state index contributed by atoms with van der Waals surface area (Å²) in [5.74, 6) is -0.145. The molecule has 2 nitrogen and oxygen atoms in total. The molecule has 0 spiro atoms. The van der Waals surface area contributed by atoms with Crippen molar-refractivity contribution < 1.29 is 4.79 Å². The van der Waals surface area contributed by atoms with Crippen LogP contribution in [-0.4, -0.2) is 17.3 Å². The van der Waals surface area contributed by atoms with Gasteiger partial charge < -0.3 is 0 Å². The second-order valence-electron chi connectivity index (χ2n) is 2.11. The highest BCUT2D eigenvalue weighted by Gasteiger charge is 2.06. The summed E-state index contributed by atoms with van der Waals surface area (Å²) < 4.78 is 1.23. The van der Waals surface area contributed by atoms with Crippen LogP contribution in [0.25, 0.3) is 0 Å². The predicted octanol–water partition coefficient (Wildman–Crippen LogP) is 1.40. The van der Waals surface area contributed by atoms with Crippen LogP contribution in [0.1, 0.15) is 10.4 Å². The molecule has 1 amide bonds. The fraction of sp³-hybridized carbons (Fsp3) is 0.125. The zero-order chi connectivity index (χ0) is 8.27. The van der Waals surface area contributed by atoms with Crippen molar-refractivity contribution in [2.24, 2.45) is 0 Å². The standard InChI is InChI=1S/C8H8NOS/c1-9(11)8(10)7-5-3-2-4-6-7/h2-5,11H,1H3. The van der Waals surface area contributed by atoms with E-state index in [-0.39, 0.29) is 5.91 Å². The molecule has 0 bridgehead atoms. The molecule has 0 N–H and O–H groups in total. The first-order valence-electron chi connectivity index (χ1n) is 3.15. The molecule has 0 aromatic heterocycles. The second kappa shape index (κ2) is 3.44. The van der Waals surface area contributed by atoms with E-state index in [0.717, 1.165) is 0 Å². The first kappa shape index (κ1) is 8.14. The molecule has 0 aliphatic carbocycles. The molecule has 0 heterocycles. The van der Waals surface area contributed by atoms with E-state index in [4.69, 9.17) is 0 Å². The lowest BCUT2D eigenvalue weighted by molar-refractivity contribution is 0.0893. The quantitative estimate of drug-likeness (QED) is 0.625. The van der Waals surface area contributed by atoms with Crippen molar-refractivity contribution in [2.45, 2.75) is 0 Å². The molecular formula is C8H8NOS. The number of benzene rings is 1. The largest absolute Gasteiger partial charge is 0.288 e. The molecular weight excluding hydrogens is 158 g/mol. The van der Waals surface area contributed by atoms with Crippen LogP contribution in [0.15, 0.2) is 24.3 Å². The molecule has 1 aromatic rings. The van der Waals surface area contributed by atoms with Gasteiger partial charge in [0.1, 0.15) is 0 Å². The van der Waals surface area contributed by atoms with E-state index in [1.54, 1.807) is 25.2 Å². The summed E-state index contributed by atoms with van der Waals surface area (Å²) in [5.41, 5.74) is 0.532. The molecule has 1 radical (unpaired) electrons. The molecule has 57 valence electrons. The topological polar surface area (TPSA) is 20.3 Å². The third-order valence-electron chi connectivity index (χ3n) is 1.23. The number of carbonyl (C=O) groups excluding carboxylic acids is 1. The molecule has 0 fully saturated rings. The van der Waals surface area contributed by atoms with E-state index in [1.165, 1.54) is 4.31 Å². The van der Waals surface area contributed by atoms with Crippen molar-refractivity contribution in [1.82, 2.24) is 4.31 Å². The lowest BCUT2D eigenvalue weighted by Crippen LogP contribution is -2.16. The predicted molar refractivity (Wildman–Crippen MR) is 46.4 cm³/mol. The smallest absolute Gasteiger partial charge is 0.263 e. The first-order valence-corrected chi connectivity index (χ1v) is 3.55. The van der Waals surface area contributed by atoms with Crippen molar-refractivity contribution in [3.05, 3.63) is 35.9 Å². The van der Waals surface area contributed by atoms with Gasteiger partial charge >= 0.3 is 0 Å². The fourth-order valence-electron chi connectivity index (χ4n) is 0.701. The zero-order valence-electron chi connectivity index (χ0n) is 6.11. The van der Waals surface area contributed by atoms with Crippen molar-refractivity contribution >= 4 is 18.7 Å². The number of hydrogen-bond donors (Lipinski definition) is 1. The summed E-state index contributed by atoms with van der Waals surface area (Å²) in [5, 5.41) is 0. The summed E-state index contributed by atoms with van der Waals surface area (Å²) in [4.78, 5) is 11.2. The minimum atomic E-state index is -0.145. The van der Waals surface area contributed by atoms with Crippen molar-refractivity contribution in [3.8, 4) is 0 Å². The number of hydrogen-bond acceptors (Lipinski definition) is 2. The van der Waals surface area contributed by atoms with Crippen LogP contribution in [0.2, 0.25) is 0 Å². The Morgan fingerprint density at radius 3 is 2.82 bits per heavy atom. The van der Waals surface area contributed by atoms with Crippen LogP contribution in [-0.2, 0) is 0 Å². The van der Waals surface area contributed by atoms with Crippen LogP contribution in [0, 0.1) is 6.07 Å². The second-order valence-corrected chi connectivity index (χ2v) is 2.71. The lowest BCUT2D eigenvalue weighted by atomic mass is 10.2. The molecule has 0 saturated carbocycles. The van der Waals surface area contributed by atoms with Crippen molar-refractivity contribution in [1.29, 1.82) is 0 Å².